The largest absolute Gasteiger partial charge is 0.493 e. The van der Waals surface area contributed by atoms with Crippen LogP contribution < -0.4 is 14.4 Å². The first-order valence-corrected chi connectivity index (χ1v) is 10.9. The molecule has 1 atom stereocenters. The number of thioether (sulfide) groups is 1. The fourth-order valence-corrected chi connectivity index (χ4v) is 4.65. The van der Waals surface area contributed by atoms with Gasteiger partial charge in [0.2, 0.25) is 5.91 Å². The molecule has 2 aromatic rings. The molecule has 0 saturated carbocycles. The Kier molecular flexibility index (Phi) is 7.45. The lowest BCUT2D eigenvalue weighted by molar-refractivity contribution is -0.119. The van der Waals surface area contributed by atoms with Crippen LogP contribution in [0.25, 0.3) is 0 Å². The minimum absolute atomic E-state index is 0.148. The van der Waals surface area contributed by atoms with Crippen LogP contribution in [0.15, 0.2) is 47.4 Å². The number of nitrogens with zero attached hydrogens (tertiary/aromatic N) is 2. The Morgan fingerprint density at radius 2 is 1.93 bits per heavy atom. The van der Waals surface area contributed by atoms with Crippen molar-refractivity contribution in [2.24, 2.45) is 0 Å². The molecule has 0 radical (unpaired) electrons. The summed E-state index contributed by atoms with van der Waals surface area (Å²) in [6.07, 6.45) is 0.993. The number of anilines is 1. The number of amides is 1. The molecule has 156 valence electrons. The number of hydrogen-bond donors (Lipinski definition) is 0. The van der Waals surface area contributed by atoms with E-state index in [0.717, 1.165) is 30.8 Å². The second-order valence-corrected chi connectivity index (χ2v) is 8.70. The van der Waals surface area contributed by atoms with Crippen molar-refractivity contribution in [1.29, 1.82) is 0 Å². The van der Waals surface area contributed by atoms with Crippen LogP contribution in [0.5, 0.6) is 11.5 Å². The summed E-state index contributed by atoms with van der Waals surface area (Å²) in [5.74, 6) is 1.57. The average Bonchev–Trinajstić information content (AvgIpc) is 2.91. The molecule has 0 spiro atoms. The first kappa shape index (κ1) is 21.5. The molecule has 0 N–H and O–H groups in total. The highest BCUT2D eigenvalue weighted by atomic mass is 32.2. The molecule has 3 rings (SSSR count). The highest BCUT2D eigenvalue weighted by Crippen LogP contribution is 2.37. The summed E-state index contributed by atoms with van der Waals surface area (Å²) in [5, 5.41) is 0.503. The fourth-order valence-electron chi connectivity index (χ4n) is 3.54. The van der Waals surface area contributed by atoms with Crippen LogP contribution in [0.4, 0.5) is 5.69 Å². The van der Waals surface area contributed by atoms with Crippen molar-refractivity contribution in [3.8, 4) is 11.5 Å². The van der Waals surface area contributed by atoms with Gasteiger partial charge >= 0.3 is 0 Å². The second kappa shape index (κ2) is 10.0. The third kappa shape index (κ3) is 5.25. The smallest absolute Gasteiger partial charge is 0.241 e. The Labute approximate surface area is 178 Å². The minimum atomic E-state index is 0.148. The molecule has 0 aromatic heterocycles. The van der Waals surface area contributed by atoms with Gasteiger partial charge in [0.05, 0.1) is 26.5 Å². The number of carbonyl (C=O) groups is 1. The lowest BCUT2D eigenvalue weighted by Crippen LogP contribution is -2.41. The average molecular weight is 415 g/mol. The van der Waals surface area contributed by atoms with Gasteiger partial charge in [-0.1, -0.05) is 32.0 Å². The quantitative estimate of drug-likeness (QED) is 0.670. The van der Waals surface area contributed by atoms with Crippen LogP contribution in [0.1, 0.15) is 25.8 Å². The molecular formula is C23H30N2O3S. The predicted octanol–water partition coefficient (Wildman–Crippen LogP) is 4.44. The summed E-state index contributed by atoms with van der Waals surface area (Å²) in [6.45, 7) is 6.94. The lowest BCUT2D eigenvalue weighted by atomic mass is 10.2. The number of ether oxygens (including phenoxy) is 2. The van der Waals surface area contributed by atoms with E-state index < -0.39 is 0 Å². The second-order valence-electron chi connectivity index (χ2n) is 7.22. The number of methoxy groups -OCH3 is 2. The van der Waals surface area contributed by atoms with Crippen LogP contribution in [-0.4, -0.2) is 49.9 Å². The predicted molar refractivity (Wildman–Crippen MR) is 119 cm³/mol. The van der Waals surface area contributed by atoms with Crippen LogP contribution in [0, 0.1) is 0 Å². The molecule has 1 unspecified atom stereocenters. The van der Waals surface area contributed by atoms with Gasteiger partial charge in [-0.05, 0) is 42.8 Å². The molecule has 0 bridgehead atoms. The van der Waals surface area contributed by atoms with Gasteiger partial charge in [-0.15, -0.1) is 11.8 Å². The Morgan fingerprint density at radius 3 is 2.66 bits per heavy atom. The standard InChI is InChI=1S/C23H30N2O3S/c1-5-24(15-18-10-11-20(27-3)21(14-18)28-4)16-23(26)25-13-12-17(2)29-22-9-7-6-8-19(22)25/h6-11,14,17H,5,12-13,15-16H2,1-4H3. The Morgan fingerprint density at radius 1 is 1.17 bits per heavy atom. The van der Waals surface area contributed by atoms with Crippen molar-refractivity contribution in [3.63, 3.8) is 0 Å². The van der Waals surface area contributed by atoms with E-state index in [1.165, 1.54) is 4.90 Å². The number of para-hydroxylation sites is 1. The number of carbonyl (C=O) groups excluding carboxylic acids is 1. The fraction of sp³-hybridized carbons (Fsp3) is 0.435. The van der Waals surface area contributed by atoms with Crippen molar-refractivity contribution in [1.82, 2.24) is 4.90 Å². The first-order chi connectivity index (χ1) is 14.0. The third-order valence-corrected chi connectivity index (χ3v) is 6.44. The van der Waals surface area contributed by atoms with E-state index in [4.69, 9.17) is 9.47 Å². The Hall–Kier alpha value is -2.18. The van der Waals surface area contributed by atoms with E-state index in [1.807, 2.05) is 47.0 Å². The van der Waals surface area contributed by atoms with Crippen molar-refractivity contribution in [2.45, 2.75) is 37.0 Å². The van der Waals surface area contributed by atoms with Crippen molar-refractivity contribution >= 4 is 23.4 Å². The van der Waals surface area contributed by atoms with Crippen molar-refractivity contribution in [2.75, 3.05) is 38.8 Å². The topological polar surface area (TPSA) is 42.0 Å². The summed E-state index contributed by atoms with van der Waals surface area (Å²) in [4.78, 5) is 18.5. The van der Waals surface area contributed by atoms with Crippen LogP contribution >= 0.6 is 11.8 Å². The van der Waals surface area contributed by atoms with Gasteiger partial charge in [0, 0.05) is 23.2 Å². The minimum Gasteiger partial charge on any atom is -0.493 e. The van der Waals surface area contributed by atoms with E-state index in [-0.39, 0.29) is 5.91 Å². The van der Waals surface area contributed by atoms with Gasteiger partial charge in [-0.2, -0.15) is 0 Å². The molecule has 1 heterocycles. The van der Waals surface area contributed by atoms with Crippen molar-refractivity contribution < 1.29 is 14.3 Å². The van der Waals surface area contributed by atoms with Crippen LogP contribution in [0.2, 0.25) is 0 Å². The zero-order chi connectivity index (χ0) is 20.8. The molecule has 1 aliphatic rings. The third-order valence-electron chi connectivity index (χ3n) is 5.20. The van der Waals surface area contributed by atoms with Gasteiger partial charge in [0.15, 0.2) is 11.5 Å². The van der Waals surface area contributed by atoms with E-state index in [2.05, 4.69) is 30.9 Å². The molecule has 0 saturated heterocycles. The zero-order valence-electron chi connectivity index (χ0n) is 17.7. The number of likely N-dealkylation sites (N-methyl/N-ethyl adjacent to an activating group) is 1. The number of hydrogen-bond acceptors (Lipinski definition) is 5. The SMILES string of the molecule is CCN(CC(=O)N1CCC(C)Sc2ccccc21)Cc1ccc(OC)c(OC)c1. The number of rotatable bonds is 7. The van der Waals surface area contributed by atoms with E-state index in [1.54, 1.807) is 14.2 Å². The molecule has 29 heavy (non-hydrogen) atoms. The molecule has 5 nitrogen and oxygen atoms in total. The monoisotopic (exact) mass is 414 g/mol. The van der Waals surface area contributed by atoms with Gasteiger partial charge in [0.25, 0.3) is 0 Å². The van der Waals surface area contributed by atoms with Gasteiger partial charge in [-0.3, -0.25) is 9.69 Å². The normalized spacial score (nSPS) is 16.3. The summed E-state index contributed by atoms with van der Waals surface area (Å²) < 4.78 is 10.7. The molecule has 0 aliphatic carbocycles. The Bertz CT molecular complexity index is 843. The van der Waals surface area contributed by atoms with Crippen LogP contribution in [0.3, 0.4) is 0 Å². The number of benzene rings is 2. The van der Waals surface area contributed by atoms with Crippen LogP contribution in [-0.2, 0) is 11.3 Å². The summed E-state index contributed by atoms with van der Waals surface area (Å²) in [7, 11) is 3.27. The van der Waals surface area contributed by atoms with E-state index in [0.29, 0.717) is 29.8 Å². The van der Waals surface area contributed by atoms with Gasteiger partial charge in [-0.25, -0.2) is 0 Å². The Balaban J connectivity index is 1.73. The maximum absolute atomic E-state index is 13.2. The summed E-state index contributed by atoms with van der Waals surface area (Å²) >= 11 is 1.86. The first-order valence-electron chi connectivity index (χ1n) is 10.0. The molecule has 1 aliphatic heterocycles. The number of fused-ring (bicyclic) bond motifs is 1. The van der Waals surface area contributed by atoms with Gasteiger partial charge in [0.1, 0.15) is 0 Å². The van der Waals surface area contributed by atoms with Crippen molar-refractivity contribution in [3.05, 3.63) is 48.0 Å². The molecule has 1 amide bonds. The molecular weight excluding hydrogens is 384 g/mol. The molecule has 2 aromatic carbocycles. The maximum atomic E-state index is 13.2. The van der Waals surface area contributed by atoms with Gasteiger partial charge < -0.3 is 14.4 Å². The zero-order valence-corrected chi connectivity index (χ0v) is 18.5. The highest BCUT2D eigenvalue weighted by Gasteiger charge is 2.25. The summed E-state index contributed by atoms with van der Waals surface area (Å²) in [5.41, 5.74) is 2.13. The molecule has 6 heteroatoms. The maximum Gasteiger partial charge on any atom is 0.241 e. The summed E-state index contributed by atoms with van der Waals surface area (Å²) in [6, 6.07) is 14.1. The lowest BCUT2D eigenvalue weighted by Gasteiger charge is -2.27. The highest BCUT2D eigenvalue weighted by molar-refractivity contribution is 8.00. The van der Waals surface area contributed by atoms with E-state index in [9.17, 15) is 4.79 Å². The van der Waals surface area contributed by atoms with E-state index >= 15 is 0 Å². The molecule has 0 fully saturated rings.